The highest BCUT2D eigenvalue weighted by Crippen LogP contribution is 2.16. The predicted octanol–water partition coefficient (Wildman–Crippen LogP) is -0.161. The number of imidazole rings is 1. The van der Waals surface area contributed by atoms with Gasteiger partial charge in [-0.3, -0.25) is 4.79 Å². The number of carbonyl (C=O) groups excluding carboxylic acids is 1. The van der Waals surface area contributed by atoms with Gasteiger partial charge in [0, 0.05) is 11.8 Å². The highest BCUT2D eigenvalue weighted by Gasteiger charge is 2.26. The fourth-order valence-electron chi connectivity index (χ4n) is 2.12. The first-order valence-corrected chi connectivity index (χ1v) is 7.64. The third kappa shape index (κ3) is 5.13. The maximum absolute atomic E-state index is 12.2. The van der Waals surface area contributed by atoms with Crippen molar-refractivity contribution < 1.29 is 26.5 Å². The molecule has 124 valence electrons. The molecule has 0 aliphatic rings. The van der Waals surface area contributed by atoms with Crippen LogP contribution in [-0.2, 0) is 17.8 Å². The van der Waals surface area contributed by atoms with Gasteiger partial charge in [-0.05, 0) is 5.56 Å². The van der Waals surface area contributed by atoms with Crippen LogP contribution < -0.4 is 21.7 Å². The lowest BCUT2D eigenvalue weighted by Crippen LogP contribution is -3.00. The number of aromatic nitrogens is 2. The Bertz CT molecular complexity index is 669. The van der Waals surface area contributed by atoms with Gasteiger partial charge in [0.25, 0.3) is 5.82 Å². The van der Waals surface area contributed by atoms with Gasteiger partial charge in [0.15, 0.2) is 12.0 Å². The minimum Gasteiger partial charge on any atom is -1.00 e. The summed E-state index contributed by atoms with van der Waals surface area (Å²) < 4.78 is 3.82. The summed E-state index contributed by atoms with van der Waals surface area (Å²) in [6.07, 6.45) is 6.46. The molecular weight excluding hydrogens is 354 g/mol. The lowest BCUT2D eigenvalue weighted by molar-refractivity contribution is -0.685. The van der Waals surface area contributed by atoms with Gasteiger partial charge in [0.2, 0.25) is 0 Å². The second-order valence-electron chi connectivity index (χ2n) is 6.37. The van der Waals surface area contributed by atoms with Crippen molar-refractivity contribution in [1.29, 1.82) is 0 Å². The van der Waals surface area contributed by atoms with E-state index in [9.17, 15) is 4.79 Å². The van der Waals surface area contributed by atoms with E-state index in [-0.39, 0.29) is 28.2 Å². The van der Waals surface area contributed by atoms with E-state index in [1.807, 2.05) is 79.0 Å². The third-order valence-electron chi connectivity index (χ3n) is 3.58. The summed E-state index contributed by atoms with van der Waals surface area (Å²) in [5.74, 6) is 1.24. The number of nitrogens with zero attached hydrogens (tertiary/aromatic N) is 3. The van der Waals surface area contributed by atoms with Crippen LogP contribution in [0.15, 0.2) is 47.8 Å². The topological polar surface area (TPSA) is 38.2 Å². The highest BCUT2D eigenvalue weighted by atomic mass is 79.9. The van der Waals surface area contributed by atoms with E-state index in [2.05, 4.69) is 12.0 Å². The van der Waals surface area contributed by atoms with Crippen molar-refractivity contribution in [2.45, 2.75) is 40.7 Å². The molecule has 0 atom stereocenters. The zero-order valence-corrected chi connectivity index (χ0v) is 15.7. The van der Waals surface area contributed by atoms with Crippen LogP contribution in [0.1, 0.15) is 39.1 Å². The molecular formula is C18H24BrN3O. The minimum absolute atomic E-state index is 0. The Balaban J connectivity index is 0.00000264. The highest BCUT2D eigenvalue weighted by molar-refractivity contribution is 5.83. The van der Waals surface area contributed by atoms with E-state index in [1.54, 1.807) is 0 Å². The summed E-state index contributed by atoms with van der Waals surface area (Å²) in [5.41, 5.74) is 0.725. The Morgan fingerprint density at radius 3 is 2.48 bits per heavy atom. The van der Waals surface area contributed by atoms with Crippen LogP contribution in [0.5, 0.6) is 0 Å². The zero-order chi connectivity index (χ0) is 16.2. The maximum atomic E-state index is 12.2. The van der Waals surface area contributed by atoms with Crippen molar-refractivity contribution in [3.63, 3.8) is 0 Å². The Hall–Kier alpha value is -1.75. The molecule has 0 aliphatic heterocycles. The molecule has 0 fully saturated rings. The van der Waals surface area contributed by atoms with Crippen molar-refractivity contribution in [3.05, 3.63) is 54.1 Å². The third-order valence-corrected chi connectivity index (χ3v) is 3.58. The first kappa shape index (κ1) is 19.3. The molecule has 1 aromatic heterocycles. The van der Waals surface area contributed by atoms with E-state index in [4.69, 9.17) is 0 Å². The molecule has 2 rings (SSSR count). The molecule has 0 N–H and O–H groups in total. The van der Waals surface area contributed by atoms with Gasteiger partial charge in [-0.15, -0.1) is 4.68 Å². The number of hydrogen-bond donors (Lipinski definition) is 0. The first-order valence-electron chi connectivity index (χ1n) is 7.64. The van der Waals surface area contributed by atoms with E-state index >= 15 is 0 Å². The van der Waals surface area contributed by atoms with Gasteiger partial charge in [0.1, 0.15) is 12.7 Å². The largest absolute Gasteiger partial charge is 1.00 e. The molecule has 2 aromatic rings. The lowest BCUT2D eigenvalue weighted by atomic mass is 9.91. The Morgan fingerprint density at radius 1 is 1.26 bits per heavy atom. The number of ketones is 1. The summed E-state index contributed by atoms with van der Waals surface area (Å²) in [4.78, 5) is 12.2. The van der Waals surface area contributed by atoms with Crippen molar-refractivity contribution in [2.24, 2.45) is 10.5 Å². The van der Waals surface area contributed by atoms with Gasteiger partial charge in [0.05, 0.1) is 6.21 Å². The number of benzene rings is 1. The van der Waals surface area contributed by atoms with Crippen LogP contribution in [0.25, 0.3) is 0 Å². The molecule has 1 aromatic carbocycles. The second kappa shape index (κ2) is 8.20. The van der Waals surface area contributed by atoms with Crippen molar-refractivity contribution in [2.75, 3.05) is 0 Å². The molecule has 5 heteroatoms. The van der Waals surface area contributed by atoms with Gasteiger partial charge in [-0.1, -0.05) is 63.1 Å². The fourth-order valence-corrected chi connectivity index (χ4v) is 2.12. The van der Waals surface area contributed by atoms with Crippen LogP contribution >= 0.6 is 0 Å². The molecule has 0 amide bonds. The van der Waals surface area contributed by atoms with E-state index in [0.717, 1.165) is 17.8 Å². The Labute approximate surface area is 148 Å². The summed E-state index contributed by atoms with van der Waals surface area (Å²) >= 11 is 0. The molecule has 0 saturated carbocycles. The quantitative estimate of drug-likeness (QED) is 0.527. The Kier molecular flexibility index (Phi) is 6.88. The molecule has 0 bridgehead atoms. The van der Waals surface area contributed by atoms with Gasteiger partial charge >= 0.3 is 0 Å². The average molecular weight is 378 g/mol. The predicted molar refractivity (Wildman–Crippen MR) is 87.9 cm³/mol. The van der Waals surface area contributed by atoms with Crippen LogP contribution in [0.4, 0.5) is 0 Å². The lowest BCUT2D eigenvalue weighted by Gasteiger charge is -2.15. The summed E-state index contributed by atoms with van der Waals surface area (Å²) in [6.45, 7) is 8.31. The number of Topliss-reactive ketones (excluding diaryl/α,β-unsaturated/α-hetero) is 1. The maximum Gasteiger partial charge on any atom is 0.282 e. The SMILES string of the molecule is CCc1n(CC(=O)C(C)(C)C)cc[n+]1/N=C/c1ccccc1.[Br-]. The monoisotopic (exact) mass is 377 g/mol. The van der Waals surface area contributed by atoms with E-state index < -0.39 is 0 Å². The fraction of sp³-hybridized carbons (Fsp3) is 0.389. The smallest absolute Gasteiger partial charge is 0.282 e. The minimum atomic E-state index is -0.326. The standard InChI is InChI=1S/C18H24N3O.BrH/c1-5-17-20(14-16(22)18(2,3)4)11-12-21(17)19-13-15-9-7-6-8-10-15;/h6-13H,5,14H2,1-4H3;1H/q+1;/p-1/b19-13+;. The second-order valence-corrected chi connectivity index (χ2v) is 6.37. The van der Waals surface area contributed by atoms with Crippen molar-refractivity contribution >= 4 is 12.0 Å². The molecule has 0 unspecified atom stereocenters. The molecule has 0 saturated heterocycles. The van der Waals surface area contributed by atoms with Crippen molar-refractivity contribution in [3.8, 4) is 0 Å². The summed E-state index contributed by atoms with van der Waals surface area (Å²) in [6, 6.07) is 9.97. The average Bonchev–Trinajstić information content (AvgIpc) is 2.87. The van der Waals surface area contributed by atoms with Crippen molar-refractivity contribution in [1.82, 2.24) is 4.57 Å². The van der Waals surface area contributed by atoms with Gasteiger partial charge < -0.3 is 17.0 Å². The number of carbonyl (C=O) groups is 1. The molecule has 23 heavy (non-hydrogen) atoms. The molecule has 1 heterocycles. The van der Waals surface area contributed by atoms with E-state index in [1.165, 1.54) is 0 Å². The Morgan fingerprint density at radius 2 is 1.91 bits per heavy atom. The number of hydrogen-bond acceptors (Lipinski definition) is 2. The summed E-state index contributed by atoms with van der Waals surface area (Å²) in [7, 11) is 0. The van der Waals surface area contributed by atoms with Crippen LogP contribution in [-0.4, -0.2) is 16.6 Å². The first-order chi connectivity index (χ1) is 10.4. The summed E-state index contributed by atoms with van der Waals surface area (Å²) in [5, 5.41) is 4.50. The van der Waals surface area contributed by atoms with Crippen LogP contribution in [0.2, 0.25) is 0 Å². The van der Waals surface area contributed by atoms with Gasteiger partial charge in [-0.2, -0.15) is 0 Å². The van der Waals surface area contributed by atoms with E-state index in [0.29, 0.717) is 6.54 Å². The molecule has 0 spiro atoms. The zero-order valence-electron chi connectivity index (χ0n) is 14.2. The number of halogens is 1. The van der Waals surface area contributed by atoms with Gasteiger partial charge in [-0.25, -0.2) is 4.57 Å². The molecule has 0 radical (unpaired) electrons. The van der Waals surface area contributed by atoms with Crippen LogP contribution in [0, 0.1) is 5.41 Å². The molecule has 0 aliphatic carbocycles. The van der Waals surface area contributed by atoms with Crippen LogP contribution in [0.3, 0.4) is 0 Å². The number of rotatable bonds is 5. The normalized spacial score (nSPS) is 11.5. The molecule has 4 nitrogen and oxygen atoms in total.